The van der Waals surface area contributed by atoms with Crippen LogP contribution in [0.25, 0.3) is 0 Å². The van der Waals surface area contributed by atoms with E-state index in [9.17, 15) is 8.42 Å². The molecule has 0 bridgehead atoms. The van der Waals surface area contributed by atoms with Crippen molar-refractivity contribution in [3.63, 3.8) is 0 Å². The largest absolute Gasteiger partial charge is 0.405 e. The van der Waals surface area contributed by atoms with Crippen LogP contribution < -0.4 is 20.8 Å². The number of anilines is 1. The average molecular weight is 704 g/mol. The van der Waals surface area contributed by atoms with Crippen molar-refractivity contribution in [2.45, 2.75) is 61.1 Å². The third kappa shape index (κ3) is 9.18. The predicted octanol–water partition coefficient (Wildman–Crippen LogP) is 5.88. The summed E-state index contributed by atoms with van der Waals surface area (Å²) in [4.78, 5) is 3.83. The van der Waals surface area contributed by atoms with Crippen LogP contribution in [0.4, 0.5) is 5.69 Å². The highest BCUT2D eigenvalue weighted by atomic mass is 32.2. The lowest BCUT2D eigenvalue weighted by Crippen LogP contribution is -2.67. The number of morpholine rings is 1. The highest BCUT2D eigenvalue weighted by Gasteiger charge is 2.50. The van der Waals surface area contributed by atoms with E-state index in [1.165, 1.54) is 15.3 Å². The maximum atomic E-state index is 11.9. The Balaban J connectivity index is 1.28. The molecule has 0 amide bonds. The molecule has 10 heteroatoms. The van der Waals surface area contributed by atoms with Crippen molar-refractivity contribution in [3.05, 3.63) is 115 Å². The number of nitrogens with zero attached hydrogens (tertiary/aromatic N) is 1. The first-order chi connectivity index (χ1) is 23.0. The van der Waals surface area contributed by atoms with Crippen LogP contribution in [0.5, 0.6) is 0 Å². The Kier molecular flexibility index (Phi) is 12.2. The number of primary sulfonamides is 1. The molecule has 0 spiro atoms. The van der Waals surface area contributed by atoms with Crippen molar-refractivity contribution in [3.8, 4) is 0 Å². The molecule has 5 rings (SSSR count). The first-order valence-electron chi connectivity index (χ1n) is 16.6. The molecule has 0 unspecified atom stereocenters. The monoisotopic (exact) mass is 703 g/mol. The van der Waals surface area contributed by atoms with E-state index in [-0.39, 0.29) is 22.1 Å². The summed E-state index contributed by atoms with van der Waals surface area (Å²) in [5, 5.41) is 11.5. The molecule has 0 aliphatic carbocycles. The van der Waals surface area contributed by atoms with Gasteiger partial charge in [0.15, 0.2) is 0 Å². The normalized spacial score (nSPS) is 16.8. The second-order valence-corrected chi connectivity index (χ2v) is 20.5. The van der Waals surface area contributed by atoms with E-state index >= 15 is 0 Å². The molecule has 0 saturated carbocycles. The number of aryl methyl sites for hydroxylation is 1. The van der Waals surface area contributed by atoms with Gasteiger partial charge in [-0.25, -0.2) is 13.6 Å². The summed E-state index contributed by atoms with van der Waals surface area (Å²) in [6, 6.07) is 37.1. The van der Waals surface area contributed by atoms with Gasteiger partial charge >= 0.3 is 0 Å². The summed E-state index contributed by atoms with van der Waals surface area (Å²) >= 11 is 1.82. The zero-order valence-corrected chi connectivity index (χ0v) is 31.1. The Hall–Kier alpha value is -2.96. The fourth-order valence-corrected chi connectivity index (χ4v) is 12.7. The van der Waals surface area contributed by atoms with Gasteiger partial charge in [0.05, 0.1) is 24.2 Å². The van der Waals surface area contributed by atoms with Gasteiger partial charge in [0, 0.05) is 42.0 Å². The van der Waals surface area contributed by atoms with Crippen molar-refractivity contribution < 1.29 is 17.6 Å². The minimum Gasteiger partial charge on any atom is -0.405 e. The number of ether oxygens (including phenoxy) is 1. The number of hydrogen-bond donors (Lipinski definition) is 2. The zero-order chi connectivity index (χ0) is 34.2. The van der Waals surface area contributed by atoms with Crippen LogP contribution >= 0.6 is 11.8 Å². The van der Waals surface area contributed by atoms with Crippen LogP contribution in [0.2, 0.25) is 5.04 Å². The van der Waals surface area contributed by atoms with E-state index in [4.69, 9.17) is 14.3 Å². The van der Waals surface area contributed by atoms with Gasteiger partial charge in [-0.3, -0.25) is 4.90 Å². The van der Waals surface area contributed by atoms with Crippen molar-refractivity contribution in [2.24, 2.45) is 5.14 Å². The fraction of sp³-hybridized carbons (Fsp3) is 0.368. The molecule has 7 nitrogen and oxygen atoms in total. The van der Waals surface area contributed by atoms with Gasteiger partial charge < -0.3 is 14.5 Å². The van der Waals surface area contributed by atoms with Gasteiger partial charge in [-0.15, -0.1) is 11.8 Å². The van der Waals surface area contributed by atoms with Gasteiger partial charge in [-0.1, -0.05) is 99.6 Å². The molecule has 0 aromatic heterocycles. The topological polar surface area (TPSA) is 93.9 Å². The first-order valence-corrected chi connectivity index (χ1v) is 21.1. The Morgan fingerprint density at radius 2 is 1.56 bits per heavy atom. The summed E-state index contributed by atoms with van der Waals surface area (Å²) in [6.45, 7) is 12.6. The fourth-order valence-electron chi connectivity index (χ4n) is 6.51. The second kappa shape index (κ2) is 16.2. The van der Waals surface area contributed by atoms with E-state index in [1.54, 1.807) is 12.1 Å². The van der Waals surface area contributed by atoms with E-state index in [2.05, 4.69) is 116 Å². The van der Waals surface area contributed by atoms with Gasteiger partial charge in [0.2, 0.25) is 10.0 Å². The van der Waals surface area contributed by atoms with Crippen molar-refractivity contribution in [2.75, 3.05) is 43.9 Å². The summed E-state index contributed by atoms with van der Waals surface area (Å²) in [5.41, 5.74) is 1.77. The highest BCUT2D eigenvalue weighted by molar-refractivity contribution is 7.99. The summed E-state index contributed by atoms with van der Waals surface area (Å²) in [7, 11) is -6.42. The zero-order valence-electron chi connectivity index (χ0n) is 28.5. The van der Waals surface area contributed by atoms with Crippen molar-refractivity contribution in [1.82, 2.24) is 4.90 Å². The van der Waals surface area contributed by atoms with Crippen LogP contribution in [0.1, 0.15) is 32.8 Å². The molecule has 4 aromatic rings. The number of rotatable bonds is 14. The maximum Gasteiger partial charge on any atom is 0.261 e. The summed E-state index contributed by atoms with van der Waals surface area (Å²) < 4.78 is 37.4. The third-order valence-corrected chi connectivity index (χ3v) is 16.1. The smallest absolute Gasteiger partial charge is 0.261 e. The maximum absolute atomic E-state index is 11.9. The van der Waals surface area contributed by atoms with Crippen molar-refractivity contribution in [1.29, 1.82) is 0 Å². The number of sulfonamides is 1. The third-order valence-electron chi connectivity index (χ3n) is 9.00. The van der Waals surface area contributed by atoms with Crippen LogP contribution in [0.3, 0.4) is 0 Å². The molecule has 3 N–H and O–H groups in total. The Labute approximate surface area is 292 Å². The lowest BCUT2D eigenvalue weighted by Gasteiger charge is -2.44. The molecular weight excluding hydrogens is 655 g/mol. The molecule has 1 heterocycles. The second-order valence-electron chi connectivity index (χ2n) is 13.5. The average Bonchev–Trinajstić information content (AvgIpc) is 3.07. The number of nitrogens with two attached hydrogens (primary N) is 1. The van der Waals surface area contributed by atoms with Crippen LogP contribution in [0, 0.1) is 6.92 Å². The van der Waals surface area contributed by atoms with E-state index < -0.39 is 18.3 Å². The standard InChI is InChI=1S/C38H49N3O4S2Si/c1-30-26-34(47(39,42)43)20-21-37(30)40-31(29-46-33-14-8-5-9-15-33)22-23-41-24-25-44-32(27-41)28-45-48(38(2,3)4,35-16-10-6-11-17-35)36-18-12-7-13-19-36/h5-21,26,31-32,40H,22-25,27-29H2,1-4H3,(H2,39,42,43)/t31-,32+/m1/s1. The molecule has 1 aliphatic rings. The lowest BCUT2D eigenvalue weighted by molar-refractivity contribution is -0.0498. The van der Waals surface area contributed by atoms with Gasteiger partial charge in [-0.2, -0.15) is 0 Å². The molecule has 2 atom stereocenters. The van der Waals surface area contributed by atoms with Crippen LogP contribution in [0.15, 0.2) is 119 Å². The minimum absolute atomic E-state index is 0.0292. The minimum atomic E-state index is -3.76. The van der Waals surface area contributed by atoms with Crippen LogP contribution in [-0.4, -0.2) is 72.4 Å². The molecule has 1 aliphatic heterocycles. The SMILES string of the molecule is Cc1cc(S(N)(=O)=O)ccc1N[C@H](CCN1CCO[C@H](CO[Si](c2ccccc2)(c2ccccc2)C(C)(C)C)C1)CSc1ccccc1. The molecule has 48 heavy (non-hydrogen) atoms. The number of thioether (sulfide) groups is 1. The number of nitrogens with one attached hydrogen (secondary N) is 1. The molecule has 1 saturated heterocycles. The lowest BCUT2D eigenvalue weighted by atomic mass is 10.1. The van der Waals surface area contributed by atoms with Crippen molar-refractivity contribution >= 4 is 46.2 Å². The summed E-state index contributed by atoms with van der Waals surface area (Å²) in [6.07, 6.45) is 0.886. The molecular formula is C38H49N3O4S2Si. The molecule has 0 radical (unpaired) electrons. The number of benzene rings is 4. The molecule has 256 valence electrons. The van der Waals surface area contributed by atoms with Gasteiger partial charge in [0.25, 0.3) is 8.32 Å². The quantitative estimate of drug-likeness (QED) is 0.125. The first kappa shape index (κ1) is 36.3. The van der Waals surface area contributed by atoms with E-state index in [1.807, 2.05) is 30.8 Å². The Morgan fingerprint density at radius 1 is 0.958 bits per heavy atom. The predicted molar refractivity (Wildman–Crippen MR) is 201 cm³/mol. The van der Waals surface area contributed by atoms with E-state index in [0.29, 0.717) is 13.2 Å². The Bertz CT molecular complexity index is 1670. The van der Waals surface area contributed by atoms with Gasteiger partial charge in [-0.05, 0) is 64.7 Å². The van der Waals surface area contributed by atoms with Crippen LogP contribution in [-0.2, 0) is 19.2 Å². The number of hydrogen-bond acceptors (Lipinski definition) is 7. The highest BCUT2D eigenvalue weighted by Crippen LogP contribution is 2.37. The summed E-state index contributed by atoms with van der Waals surface area (Å²) in [5.74, 6) is 0.866. The molecule has 4 aromatic carbocycles. The van der Waals surface area contributed by atoms with E-state index in [0.717, 1.165) is 43.1 Å². The molecule has 1 fully saturated rings. The van der Waals surface area contributed by atoms with Gasteiger partial charge in [0.1, 0.15) is 0 Å². The Morgan fingerprint density at radius 3 is 2.12 bits per heavy atom.